The van der Waals surface area contributed by atoms with Gasteiger partial charge in [0, 0.05) is 43.1 Å². The van der Waals surface area contributed by atoms with E-state index in [2.05, 4.69) is 4.90 Å². The third-order valence-corrected chi connectivity index (χ3v) is 4.14. The van der Waals surface area contributed by atoms with E-state index >= 15 is 0 Å². The number of carbonyl (C=O) groups excluding carboxylic acids is 1. The number of anilines is 2. The lowest BCUT2D eigenvalue weighted by Gasteiger charge is -2.36. The molecule has 7 heteroatoms. The second kappa shape index (κ2) is 6.19. The van der Waals surface area contributed by atoms with Crippen LogP contribution in [-0.2, 0) is 0 Å². The van der Waals surface area contributed by atoms with Gasteiger partial charge in [0.1, 0.15) is 0 Å². The molecular formula is C17H19N3O4. The molecule has 7 nitrogen and oxygen atoms in total. The fraction of sp³-hybridized carbons (Fsp3) is 0.235. The Bertz CT molecular complexity index is 730. The van der Waals surface area contributed by atoms with Crippen LogP contribution in [-0.4, -0.2) is 52.3 Å². The number of benzene rings is 2. The number of hydrogen-bond acceptors (Lipinski definition) is 6. The van der Waals surface area contributed by atoms with Gasteiger partial charge in [-0.2, -0.15) is 0 Å². The number of nitrogens with zero attached hydrogens (tertiary/aromatic N) is 2. The SMILES string of the molecule is Nc1ccc(N2CCN(C(=O)c3cc(O)c(O)c(O)c3)CC2)cc1. The Morgan fingerprint density at radius 2 is 1.46 bits per heavy atom. The number of nitrogens with two attached hydrogens (primary N) is 1. The largest absolute Gasteiger partial charge is 0.504 e. The summed E-state index contributed by atoms with van der Waals surface area (Å²) in [5, 5.41) is 28.4. The molecule has 5 N–H and O–H groups in total. The van der Waals surface area contributed by atoms with Gasteiger partial charge in [0.2, 0.25) is 0 Å². The molecule has 1 saturated heterocycles. The minimum atomic E-state index is -0.625. The van der Waals surface area contributed by atoms with E-state index in [1.165, 1.54) is 0 Å². The van der Waals surface area contributed by atoms with Crippen molar-refractivity contribution in [1.29, 1.82) is 0 Å². The van der Waals surface area contributed by atoms with Crippen molar-refractivity contribution in [3.05, 3.63) is 42.0 Å². The van der Waals surface area contributed by atoms with Crippen LogP contribution in [0.2, 0.25) is 0 Å². The van der Waals surface area contributed by atoms with Crippen LogP contribution in [0, 0.1) is 0 Å². The molecule has 2 aromatic carbocycles. The first kappa shape index (κ1) is 15.8. The van der Waals surface area contributed by atoms with Crippen LogP contribution in [0.4, 0.5) is 11.4 Å². The topological polar surface area (TPSA) is 110 Å². The molecule has 1 heterocycles. The predicted molar refractivity (Wildman–Crippen MR) is 90.4 cm³/mol. The van der Waals surface area contributed by atoms with Crippen LogP contribution >= 0.6 is 0 Å². The number of phenolic OH excluding ortho intramolecular Hbond substituents is 3. The Morgan fingerprint density at radius 1 is 0.917 bits per heavy atom. The maximum absolute atomic E-state index is 12.5. The maximum Gasteiger partial charge on any atom is 0.254 e. The van der Waals surface area contributed by atoms with E-state index in [9.17, 15) is 20.1 Å². The minimum Gasteiger partial charge on any atom is -0.504 e. The Balaban J connectivity index is 1.68. The van der Waals surface area contributed by atoms with Gasteiger partial charge in [-0.1, -0.05) is 0 Å². The Hall–Kier alpha value is -3.09. The molecule has 0 radical (unpaired) electrons. The molecule has 1 amide bonds. The molecule has 0 aliphatic carbocycles. The van der Waals surface area contributed by atoms with Crippen LogP contribution in [0.1, 0.15) is 10.4 Å². The highest BCUT2D eigenvalue weighted by Gasteiger charge is 2.24. The fourth-order valence-electron chi connectivity index (χ4n) is 2.76. The van der Waals surface area contributed by atoms with Gasteiger partial charge >= 0.3 is 0 Å². The zero-order valence-corrected chi connectivity index (χ0v) is 13.0. The number of rotatable bonds is 2. The summed E-state index contributed by atoms with van der Waals surface area (Å²) in [5.41, 5.74) is 7.59. The number of aromatic hydroxyl groups is 3. The fourth-order valence-corrected chi connectivity index (χ4v) is 2.76. The van der Waals surface area contributed by atoms with E-state index in [1.807, 2.05) is 24.3 Å². The highest BCUT2D eigenvalue weighted by Crippen LogP contribution is 2.35. The number of amides is 1. The number of carbonyl (C=O) groups is 1. The van der Waals surface area contributed by atoms with Crippen molar-refractivity contribution in [1.82, 2.24) is 4.90 Å². The number of piperazine rings is 1. The number of nitrogen functional groups attached to an aromatic ring is 1. The zero-order valence-electron chi connectivity index (χ0n) is 13.0. The molecule has 0 spiro atoms. The first-order valence-electron chi connectivity index (χ1n) is 7.60. The molecule has 1 aliphatic heterocycles. The van der Waals surface area contributed by atoms with E-state index in [0.29, 0.717) is 31.9 Å². The molecule has 0 bridgehead atoms. The van der Waals surface area contributed by atoms with Gasteiger partial charge in [0.25, 0.3) is 5.91 Å². The smallest absolute Gasteiger partial charge is 0.254 e. The van der Waals surface area contributed by atoms with Crippen molar-refractivity contribution < 1.29 is 20.1 Å². The third kappa shape index (κ3) is 3.01. The predicted octanol–water partition coefficient (Wildman–Crippen LogP) is 1.35. The Labute approximate surface area is 139 Å². The van der Waals surface area contributed by atoms with Crippen LogP contribution in [0.25, 0.3) is 0 Å². The summed E-state index contributed by atoms with van der Waals surface area (Å²) >= 11 is 0. The molecule has 0 unspecified atom stereocenters. The second-order valence-corrected chi connectivity index (χ2v) is 5.73. The van der Waals surface area contributed by atoms with Gasteiger partial charge in [-0.05, 0) is 36.4 Å². The van der Waals surface area contributed by atoms with E-state index in [4.69, 9.17) is 5.73 Å². The average molecular weight is 329 g/mol. The molecular weight excluding hydrogens is 310 g/mol. The van der Waals surface area contributed by atoms with Crippen molar-refractivity contribution in [3.8, 4) is 17.2 Å². The van der Waals surface area contributed by atoms with E-state index in [0.717, 1.165) is 17.8 Å². The Morgan fingerprint density at radius 3 is 2.00 bits per heavy atom. The lowest BCUT2D eigenvalue weighted by molar-refractivity contribution is 0.0746. The van der Waals surface area contributed by atoms with E-state index in [1.54, 1.807) is 4.90 Å². The van der Waals surface area contributed by atoms with Gasteiger partial charge in [-0.15, -0.1) is 0 Å². The van der Waals surface area contributed by atoms with Crippen molar-refractivity contribution in [2.75, 3.05) is 36.8 Å². The monoisotopic (exact) mass is 329 g/mol. The van der Waals surface area contributed by atoms with Crippen LogP contribution < -0.4 is 10.6 Å². The standard InChI is InChI=1S/C17H19N3O4/c18-12-1-3-13(4-2-12)19-5-7-20(8-6-19)17(24)11-9-14(21)16(23)15(22)10-11/h1-4,9-10,21-23H,5-8,18H2. The first-order valence-corrected chi connectivity index (χ1v) is 7.60. The summed E-state index contributed by atoms with van der Waals surface area (Å²) in [6, 6.07) is 9.89. The van der Waals surface area contributed by atoms with Gasteiger partial charge in [0.15, 0.2) is 17.2 Å². The first-order chi connectivity index (χ1) is 11.5. The molecule has 24 heavy (non-hydrogen) atoms. The van der Waals surface area contributed by atoms with E-state index < -0.39 is 17.2 Å². The van der Waals surface area contributed by atoms with Gasteiger partial charge in [-0.3, -0.25) is 4.79 Å². The molecule has 0 saturated carbocycles. The lowest BCUT2D eigenvalue weighted by atomic mass is 10.1. The van der Waals surface area contributed by atoms with Crippen LogP contribution in [0.3, 0.4) is 0 Å². The summed E-state index contributed by atoms with van der Waals surface area (Å²) in [5.74, 6) is -1.95. The molecule has 3 rings (SSSR count). The van der Waals surface area contributed by atoms with Gasteiger partial charge in [0.05, 0.1) is 0 Å². The summed E-state index contributed by atoms with van der Waals surface area (Å²) in [7, 11) is 0. The van der Waals surface area contributed by atoms with Crippen molar-refractivity contribution in [2.24, 2.45) is 0 Å². The van der Waals surface area contributed by atoms with Crippen molar-refractivity contribution >= 4 is 17.3 Å². The normalized spacial score (nSPS) is 14.7. The average Bonchev–Trinajstić information content (AvgIpc) is 2.59. The molecule has 2 aromatic rings. The number of hydrogen-bond donors (Lipinski definition) is 4. The molecule has 0 aromatic heterocycles. The summed E-state index contributed by atoms with van der Waals surface area (Å²) in [6.45, 7) is 2.38. The minimum absolute atomic E-state index is 0.142. The summed E-state index contributed by atoms with van der Waals surface area (Å²) in [4.78, 5) is 16.3. The van der Waals surface area contributed by atoms with Crippen LogP contribution in [0.15, 0.2) is 36.4 Å². The highest BCUT2D eigenvalue weighted by atomic mass is 16.3. The second-order valence-electron chi connectivity index (χ2n) is 5.73. The van der Waals surface area contributed by atoms with Gasteiger partial charge < -0.3 is 30.9 Å². The van der Waals surface area contributed by atoms with Crippen molar-refractivity contribution in [3.63, 3.8) is 0 Å². The molecule has 126 valence electrons. The lowest BCUT2D eigenvalue weighted by Crippen LogP contribution is -2.48. The number of phenols is 3. The van der Waals surface area contributed by atoms with Gasteiger partial charge in [-0.25, -0.2) is 0 Å². The molecule has 1 fully saturated rings. The quantitative estimate of drug-likeness (QED) is 0.489. The van der Waals surface area contributed by atoms with Crippen LogP contribution in [0.5, 0.6) is 17.2 Å². The highest BCUT2D eigenvalue weighted by molar-refractivity contribution is 5.95. The molecule has 0 atom stereocenters. The Kier molecular flexibility index (Phi) is 4.07. The van der Waals surface area contributed by atoms with Crippen molar-refractivity contribution in [2.45, 2.75) is 0 Å². The summed E-state index contributed by atoms with van der Waals surface area (Å²) in [6.07, 6.45) is 0. The maximum atomic E-state index is 12.5. The summed E-state index contributed by atoms with van der Waals surface area (Å²) < 4.78 is 0. The molecule has 1 aliphatic rings. The third-order valence-electron chi connectivity index (χ3n) is 4.14. The zero-order chi connectivity index (χ0) is 17.3. The van der Waals surface area contributed by atoms with E-state index in [-0.39, 0.29) is 11.5 Å².